The van der Waals surface area contributed by atoms with Gasteiger partial charge in [0.15, 0.2) is 0 Å². The smallest absolute Gasteiger partial charge is 0.237 e. The molecule has 0 spiro atoms. The maximum Gasteiger partial charge on any atom is 0.237 e. The van der Waals surface area contributed by atoms with Gasteiger partial charge >= 0.3 is 0 Å². The Kier molecular flexibility index (Phi) is 6.24. The lowest BCUT2D eigenvalue weighted by Crippen LogP contribution is -2.42. The summed E-state index contributed by atoms with van der Waals surface area (Å²) in [5.41, 5.74) is 7.09. The van der Waals surface area contributed by atoms with Crippen LogP contribution in [0.3, 0.4) is 0 Å². The van der Waals surface area contributed by atoms with Crippen molar-refractivity contribution in [1.82, 2.24) is 5.32 Å². The summed E-state index contributed by atoms with van der Waals surface area (Å²) in [5, 5.41) is 3.00. The van der Waals surface area contributed by atoms with Crippen molar-refractivity contribution in [3.8, 4) is 0 Å². The molecule has 1 saturated carbocycles. The summed E-state index contributed by atoms with van der Waals surface area (Å²) in [5.74, 6) is 1.64. The summed E-state index contributed by atoms with van der Waals surface area (Å²) in [6.07, 6.45) is 7.00. The number of amides is 1. The van der Waals surface area contributed by atoms with Crippen LogP contribution in [0.2, 0.25) is 0 Å². The molecule has 1 atom stereocenters. The van der Waals surface area contributed by atoms with E-state index < -0.39 is 6.04 Å². The van der Waals surface area contributed by atoms with Crippen LogP contribution in [0.25, 0.3) is 0 Å². The lowest BCUT2D eigenvalue weighted by Gasteiger charge is -2.26. The summed E-state index contributed by atoms with van der Waals surface area (Å²) in [4.78, 5) is 12.0. The molecule has 3 heteroatoms. The highest BCUT2D eigenvalue weighted by molar-refractivity contribution is 5.81. The van der Waals surface area contributed by atoms with E-state index in [0.29, 0.717) is 6.42 Å². The van der Waals surface area contributed by atoms with E-state index in [-0.39, 0.29) is 5.91 Å². The third kappa shape index (κ3) is 5.50. The first kappa shape index (κ1) is 16.0. The average Bonchev–Trinajstić information content (AvgIpc) is 2.50. The molecule has 3 N–H and O–H groups in total. The quantitative estimate of drug-likeness (QED) is 0.845. The molecule has 1 aliphatic carbocycles. The largest absolute Gasteiger partial charge is 0.355 e. The third-order valence-corrected chi connectivity index (χ3v) is 4.62. The van der Waals surface area contributed by atoms with E-state index >= 15 is 0 Å². The standard InChI is InChI=1S/C18H28N2O/c1-14-7-9-15(10-8-14)11-12-20-18(21)17(19)13-16-5-3-2-4-6-16/h2-6,14-15,17H,7-13,19H2,1H3,(H,20,21). The number of hydrogen-bond acceptors (Lipinski definition) is 2. The van der Waals surface area contributed by atoms with E-state index in [4.69, 9.17) is 5.73 Å². The van der Waals surface area contributed by atoms with Crippen LogP contribution in [0.1, 0.15) is 44.6 Å². The van der Waals surface area contributed by atoms with Crippen LogP contribution >= 0.6 is 0 Å². The summed E-state index contributed by atoms with van der Waals surface area (Å²) in [6, 6.07) is 9.50. The van der Waals surface area contributed by atoms with E-state index in [1.165, 1.54) is 25.7 Å². The van der Waals surface area contributed by atoms with Gasteiger partial charge in [-0.25, -0.2) is 0 Å². The number of nitrogens with one attached hydrogen (secondary N) is 1. The summed E-state index contributed by atoms with van der Waals surface area (Å²) in [6.45, 7) is 3.10. The zero-order chi connectivity index (χ0) is 15.1. The van der Waals surface area contributed by atoms with Crippen LogP contribution in [-0.2, 0) is 11.2 Å². The predicted molar refractivity (Wildman–Crippen MR) is 86.9 cm³/mol. The molecule has 1 aromatic rings. The molecule has 0 saturated heterocycles. The molecular formula is C18H28N2O. The van der Waals surface area contributed by atoms with Crippen molar-refractivity contribution >= 4 is 5.91 Å². The second-order valence-corrected chi connectivity index (χ2v) is 6.50. The van der Waals surface area contributed by atoms with Crippen LogP contribution in [0.4, 0.5) is 0 Å². The Bertz CT molecular complexity index is 424. The molecule has 1 unspecified atom stereocenters. The number of benzene rings is 1. The summed E-state index contributed by atoms with van der Waals surface area (Å²) < 4.78 is 0. The molecule has 0 radical (unpaired) electrons. The van der Waals surface area contributed by atoms with Crippen molar-refractivity contribution in [3.05, 3.63) is 35.9 Å². The van der Waals surface area contributed by atoms with Crippen molar-refractivity contribution < 1.29 is 4.79 Å². The first-order valence-electron chi connectivity index (χ1n) is 8.22. The van der Waals surface area contributed by atoms with Crippen molar-refractivity contribution in [2.24, 2.45) is 17.6 Å². The van der Waals surface area contributed by atoms with Crippen molar-refractivity contribution in [1.29, 1.82) is 0 Å². The molecule has 1 amide bonds. The number of hydrogen-bond donors (Lipinski definition) is 2. The van der Waals surface area contributed by atoms with E-state index in [2.05, 4.69) is 12.2 Å². The zero-order valence-electron chi connectivity index (χ0n) is 13.1. The van der Waals surface area contributed by atoms with Crippen LogP contribution in [0.15, 0.2) is 30.3 Å². The Morgan fingerprint density at radius 2 is 1.90 bits per heavy atom. The van der Waals surface area contributed by atoms with E-state index in [0.717, 1.165) is 30.4 Å². The summed E-state index contributed by atoms with van der Waals surface area (Å²) in [7, 11) is 0. The number of carbonyl (C=O) groups excluding carboxylic acids is 1. The third-order valence-electron chi connectivity index (χ3n) is 4.62. The minimum absolute atomic E-state index is 0.0250. The van der Waals surface area contributed by atoms with E-state index in [1.807, 2.05) is 30.3 Å². The second kappa shape index (κ2) is 8.18. The van der Waals surface area contributed by atoms with Gasteiger partial charge in [-0.1, -0.05) is 62.9 Å². The molecule has 0 bridgehead atoms. The van der Waals surface area contributed by atoms with E-state index in [1.54, 1.807) is 0 Å². The lowest BCUT2D eigenvalue weighted by atomic mass is 9.81. The van der Waals surface area contributed by atoms with Crippen molar-refractivity contribution in [3.63, 3.8) is 0 Å². The number of rotatable bonds is 6. The Balaban J connectivity index is 1.65. The van der Waals surface area contributed by atoms with Gasteiger partial charge in [0.1, 0.15) is 0 Å². The maximum absolute atomic E-state index is 12.0. The van der Waals surface area contributed by atoms with Crippen LogP contribution in [-0.4, -0.2) is 18.5 Å². The van der Waals surface area contributed by atoms with Gasteiger partial charge in [-0.05, 0) is 30.2 Å². The molecule has 0 heterocycles. The van der Waals surface area contributed by atoms with Gasteiger partial charge in [0.2, 0.25) is 5.91 Å². The molecule has 116 valence electrons. The molecule has 1 aliphatic rings. The van der Waals surface area contributed by atoms with Gasteiger partial charge < -0.3 is 11.1 Å². The Labute approximate surface area is 128 Å². The maximum atomic E-state index is 12.0. The Hall–Kier alpha value is -1.35. The minimum atomic E-state index is -0.446. The predicted octanol–water partition coefficient (Wildman–Crippen LogP) is 2.89. The first-order chi connectivity index (χ1) is 10.1. The van der Waals surface area contributed by atoms with Gasteiger partial charge in [0.05, 0.1) is 6.04 Å². The van der Waals surface area contributed by atoms with Gasteiger partial charge in [-0.2, -0.15) is 0 Å². The summed E-state index contributed by atoms with van der Waals surface area (Å²) >= 11 is 0. The average molecular weight is 288 g/mol. The fourth-order valence-corrected chi connectivity index (χ4v) is 3.11. The molecule has 0 aliphatic heterocycles. The van der Waals surface area contributed by atoms with Crippen LogP contribution in [0.5, 0.6) is 0 Å². The highest BCUT2D eigenvalue weighted by Gasteiger charge is 2.19. The molecule has 1 aromatic carbocycles. The monoisotopic (exact) mass is 288 g/mol. The van der Waals surface area contributed by atoms with Crippen LogP contribution < -0.4 is 11.1 Å². The molecule has 1 fully saturated rings. The zero-order valence-corrected chi connectivity index (χ0v) is 13.1. The molecular weight excluding hydrogens is 260 g/mol. The topological polar surface area (TPSA) is 55.1 Å². The van der Waals surface area contributed by atoms with Gasteiger partial charge in [-0.3, -0.25) is 4.79 Å². The van der Waals surface area contributed by atoms with Crippen molar-refractivity contribution in [2.75, 3.05) is 6.54 Å². The number of nitrogens with two attached hydrogens (primary N) is 1. The van der Waals surface area contributed by atoms with Crippen LogP contribution in [0, 0.1) is 11.8 Å². The van der Waals surface area contributed by atoms with Crippen molar-refractivity contribution in [2.45, 2.75) is 51.5 Å². The van der Waals surface area contributed by atoms with Gasteiger partial charge in [0, 0.05) is 6.54 Å². The number of carbonyl (C=O) groups is 1. The normalized spacial score (nSPS) is 23.5. The molecule has 21 heavy (non-hydrogen) atoms. The molecule has 3 nitrogen and oxygen atoms in total. The first-order valence-corrected chi connectivity index (χ1v) is 8.22. The van der Waals surface area contributed by atoms with E-state index in [9.17, 15) is 4.79 Å². The molecule has 2 rings (SSSR count). The minimum Gasteiger partial charge on any atom is -0.355 e. The SMILES string of the molecule is CC1CCC(CCNC(=O)C(N)Cc2ccccc2)CC1. The van der Waals surface area contributed by atoms with Gasteiger partial charge in [-0.15, -0.1) is 0 Å². The highest BCUT2D eigenvalue weighted by Crippen LogP contribution is 2.29. The van der Waals surface area contributed by atoms with Gasteiger partial charge in [0.25, 0.3) is 0 Å². The second-order valence-electron chi connectivity index (χ2n) is 6.50. The molecule has 0 aromatic heterocycles. The highest BCUT2D eigenvalue weighted by atomic mass is 16.2. The Morgan fingerprint density at radius 3 is 2.57 bits per heavy atom. The lowest BCUT2D eigenvalue weighted by molar-refractivity contribution is -0.122. The Morgan fingerprint density at radius 1 is 1.24 bits per heavy atom. The fourth-order valence-electron chi connectivity index (χ4n) is 3.11. The fraction of sp³-hybridized carbons (Fsp3) is 0.611.